The summed E-state index contributed by atoms with van der Waals surface area (Å²) in [6.07, 6.45) is 4.50. The standard InChI is InChI=1S/C7H10Cl2/c1-6(8)4-3-5-7(2)9/h3-4,7H,1,5H2,2H3/b4-3-. The number of allylic oxidation sites excluding steroid dienone is 3. The van der Waals surface area contributed by atoms with Crippen molar-refractivity contribution < 1.29 is 0 Å². The van der Waals surface area contributed by atoms with Gasteiger partial charge in [0.05, 0.1) is 0 Å². The Kier molecular flexibility index (Phi) is 4.93. The predicted molar refractivity (Wildman–Crippen MR) is 44.1 cm³/mol. The first-order valence-electron chi connectivity index (χ1n) is 2.78. The summed E-state index contributed by atoms with van der Waals surface area (Å²) in [6, 6.07) is 0. The maximum atomic E-state index is 5.64. The molecule has 1 atom stereocenters. The lowest BCUT2D eigenvalue weighted by Crippen LogP contribution is -1.84. The van der Waals surface area contributed by atoms with Crippen molar-refractivity contribution in [3.63, 3.8) is 0 Å². The first-order chi connectivity index (χ1) is 4.13. The van der Waals surface area contributed by atoms with E-state index in [2.05, 4.69) is 6.58 Å². The summed E-state index contributed by atoms with van der Waals surface area (Å²) in [4.78, 5) is 0. The molecular weight excluding hydrogens is 155 g/mol. The first-order valence-corrected chi connectivity index (χ1v) is 3.59. The number of alkyl halides is 1. The van der Waals surface area contributed by atoms with Crippen LogP contribution in [0.4, 0.5) is 0 Å². The summed E-state index contributed by atoms with van der Waals surface area (Å²) in [5.74, 6) is 0. The Morgan fingerprint density at radius 2 is 2.33 bits per heavy atom. The molecule has 0 bridgehead atoms. The van der Waals surface area contributed by atoms with Gasteiger partial charge in [-0.3, -0.25) is 0 Å². The van der Waals surface area contributed by atoms with Gasteiger partial charge in [0, 0.05) is 10.4 Å². The SMILES string of the molecule is C=C(Cl)/C=C\CC(C)Cl. The molecule has 0 aromatic heterocycles. The molecule has 0 saturated carbocycles. The van der Waals surface area contributed by atoms with E-state index in [1.807, 2.05) is 13.0 Å². The summed E-state index contributed by atoms with van der Waals surface area (Å²) in [5.41, 5.74) is 0. The van der Waals surface area contributed by atoms with E-state index in [0.29, 0.717) is 5.03 Å². The van der Waals surface area contributed by atoms with Crippen LogP contribution < -0.4 is 0 Å². The number of hydrogen-bond acceptors (Lipinski definition) is 0. The van der Waals surface area contributed by atoms with Gasteiger partial charge >= 0.3 is 0 Å². The van der Waals surface area contributed by atoms with Crippen molar-refractivity contribution in [1.82, 2.24) is 0 Å². The van der Waals surface area contributed by atoms with Crippen molar-refractivity contribution in [1.29, 1.82) is 0 Å². The smallest absolute Gasteiger partial charge is 0.0342 e. The minimum atomic E-state index is 0.178. The minimum absolute atomic E-state index is 0.178. The topological polar surface area (TPSA) is 0 Å². The molecule has 0 aromatic carbocycles. The molecule has 0 N–H and O–H groups in total. The van der Waals surface area contributed by atoms with Crippen LogP contribution in [0.25, 0.3) is 0 Å². The summed E-state index contributed by atoms with van der Waals surface area (Å²) < 4.78 is 0. The van der Waals surface area contributed by atoms with Crippen LogP contribution in [0.15, 0.2) is 23.8 Å². The molecule has 0 spiro atoms. The van der Waals surface area contributed by atoms with Crippen LogP contribution >= 0.6 is 23.2 Å². The third-order valence-electron chi connectivity index (χ3n) is 0.760. The zero-order valence-electron chi connectivity index (χ0n) is 5.40. The van der Waals surface area contributed by atoms with E-state index in [4.69, 9.17) is 23.2 Å². The van der Waals surface area contributed by atoms with Crippen molar-refractivity contribution in [2.45, 2.75) is 18.7 Å². The Morgan fingerprint density at radius 1 is 1.78 bits per heavy atom. The second kappa shape index (κ2) is 4.89. The number of halogens is 2. The second-order valence-corrected chi connectivity index (χ2v) is 3.10. The fourth-order valence-corrected chi connectivity index (χ4v) is 0.575. The Morgan fingerprint density at radius 3 is 2.67 bits per heavy atom. The molecule has 0 heterocycles. The fraction of sp³-hybridized carbons (Fsp3) is 0.429. The van der Waals surface area contributed by atoms with Crippen LogP contribution in [0.2, 0.25) is 0 Å². The maximum absolute atomic E-state index is 5.64. The zero-order valence-corrected chi connectivity index (χ0v) is 6.91. The third kappa shape index (κ3) is 8.06. The van der Waals surface area contributed by atoms with Crippen LogP contribution in [-0.4, -0.2) is 5.38 Å². The lowest BCUT2D eigenvalue weighted by atomic mass is 10.3. The molecule has 52 valence electrons. The quantitative estimate of drug-likeness (QED) is 0.444. The first kappa shape index (κ1) is 9.06. The van der Waals surface area contributed by atoms with Gasteiger partial charge in [0.15, 0.2) is 0 Å². The van der Waals surface area contributed by atoms with E-state index in [1.165, 1.54) is 0 Å². The predicted octanol–water partition coefficient (Wildman–Crippen LogP) is 3.31. The van der Waals surface area contributed by atoms with Crippen LogP contribution in [0.3, 0.4) is 0 Å². The van der Waals surface area contributed by atoms with Gasteiger partial charge in [0.25, 0.3) is 0 Å². The van der Waals surface area contributed by atoms with Crippen molar-refractivity contribution in [3.05, 3.63) is 23.8 Å². The van der Waals surface area contributed by atoms with Gasteiger partial charge in [0.2, 0.25) is 0 Å². The molecule has 9 heavy (non-hydrogen) atoms. The van der Waals surface area contributed by atoms with Crippen molar-refractivity contribution in [2.75, 3.05) is 0 Å². The van der Waals surface area contributed by atoms with E-state index in [0.717, 1.165) is 6.42 Å². The van der Waals surface area contributed by atoms with E-state index in [9.17, 15) is 0 Å². The van der Waals surface area contributed by atoms with E-state index < -0.39 is 0 Å². The summed E-state index contributed by atoms with van der Waals surface area (Å²) >= 11 is 11.1. The van der Waals surface area contributed by atoms with Gasteiger partial charge in [-0.05, 0) is 19.4 Å². The molecule has 0 nitrogen and oxygen atoms in total. The van der Waals surface area contributed by atoms with Gasteiger partial charge in [-0.2, -0.15) is 0 Å². The Balaban J connectivity index is 3.36. The lowest BCUT2D eigenvalue weighted by Gasteiger charge is -1.92. The summed E-state index contributed by atoms with van der Waals surface area (Å²) in [6.45, 7) is 5.42. The molecule has 0 aromatic rings. The molecular formula is C7H10Cl2. The highest BCUT2D eigenvalue weighted by atomic mass is 35.5. The van der Waals surface area contributed by atoms with Crippen molar-refractivity contribution in [3.8, 4) is 0 Å². The van der Waals surface area contributed by atoms with Crippen LogP contribution in [0, 0.1) is 0 Å². The third-order valence-corrected chi connectivity index (χ3v) is 1.06. The Labute approximate surface area is 66.2 Å². The average Bonchev–Trinajstić information content (AvgIpc) is 1.63. The van der Waals surface area contributed by atoms with Gasteiger partial charge < -0.3 is 0 Å². The summed E-state index contributed by atoms with van der Waals surface area (Å²) in [5, 5.41) is 0.726. The van der Waals surface area contributed by atoms with Gasteiger partial charge in [-0.15, -0.1) is 11.6 Å². The molecule has 0 aliphatic heterocycles. The van der Waals surface area contributed by atoms with E-state index >= 15 is 0 Å². The van der Waals surface area contributed by atoms with E-state index in [1.54, 1.807) is 6.08 Å². The van der Waals surface area contributed by atoms with Gasteiger partial charge in [-0.1, -0.05) is 24.3 Å². The summed E-state index contributed by atoms with van der Waals surface area (Å²) in [7, 11) is 0. The molecule has 0 aliphatic carbocycles. The van der Waals surface area contributed by atoms with E-state index in [-0.39, 0.29) is 5.38 Å². The van der Waals surface area contributed by atoms with Gasteiger partial charge in [-0.25, -0.2) is 0 Å². The highest BCUT2D eigenvalue weighted by Gasteiger charge is 1.88. The monoisotopic (exact) mass is 164 g/mol. The molecule has 1 unspecified atom stereocenters. The second-order valence-electron chi connectivity index (χ2n) is 1.87. The van der Waals surface area contributed by atoms with Gasteiger partial charge in [0.1, 0.15) is 0 Å². The Hall–Kier alpha value is 0.0600. The number of rotatable bonds is 3. The normalized spacial score (nSPS) is 14.1. The van der Waals surface area contributed by atoms with Crippen LogP contribution in [0.5, 0.6) is 0 Å². The molecule has 2 heteroatoms. The van der Waals surface area contributed by atoms with Crippen molar-refractivity contribution in [2.24, 2.45) is 0 Å². The Bertz CT molecular complexity index is 114. The average molecular weight is 165 g/mol. The molecule has 0 rings (SSSR count). The van der Waals surface area contributed by atoms with Crippen LogP contribution in [-0.2, 0) is 0 Å². The van der Waals surface area contributed by atoms with Crippen molar-refractivity contribution >= 4 is 23.2 Å². The lowest BCUT2D eigenvalue weighted by molar-refractivity contribution is 0.968. The van der Waals surface area contributed by atoms with Crippen LogP contribution in [0.1, 0.15) is 13.3 Å². The fourth-order valence-electron chi connectivity index (χ4n) is 0.383. The molecule has 0 amide bonds. The maximum Gasteiger partial charge on any atom is 0.0342 e. The minimum Gasteiger partial charge on any atom is -0.123 e. The molecule has 0 saturated heterocycles. The largest absolute Gasteiger partial charge is 0.123 e. The molecule has 0 aliphatic rings. The molecule has 0 radical (unpaired) electrons. The zero-order chi connectivity index (χ0) is 7.28. The highest BCUT2D eigenvalue weighted by molar-refractivity contribution is 6.30. The number of hydrogen-bond donors (Lipinski definition) is 0. The molecule has 0 fully saturated rings. The highest BCUT2D eigenvalue weighted by Crippen LogP contribution is 2.04.